The van der Waals surface area contributed by atoms with E-state index in [-0.39, 0.29) is 0 Å². The summed E-state index contributed by atoms with van der Waals surface area (Å²) in [5, 5.41) is 30.7. The predicted molar refractivity (Wildman–Crippen MR) is 332 cm³/mol. The van der Waals surface area contributed by atoms with Gasteiger partial charge in [0.05, 0.1) is 0 Å². The van der Waals surface area contributed by atoms with Gasteiger partial charge in [0.1, 0.15) is 0 Å². The fourth-order valence-electron chi connectivity index (χ4n) is 13.7. The molecule has 0 amide bonds. The fourth-order valence-corrected chi connectivity index (χ4v) is 13.7. The minimum absolute atomic E-state index is 0.568. The van der Waals surface area contributed by atoms with Crippen LogP contribution in [0.5, 0.6) is 0 Å². The second-order valence-electron chi connectivity index (χ2n) is 27.9. The van der Waals surface area contributed by atoms with Crippen molar-refractivity contribution in [3.63, 3.8) is 0 Å². The van der Waals surface area contributed by atoms with Crippen LogP contribution in [0, 0.1) is 57.7 Å². The van der Waals surface area contributed by atoms with Gasteiger partial charge in [-0.15, -0.1) is 0 Å². The number of nitrogens with one attached hydrogen (secondary N) is 9. The van der Waals surface area contributed by atoms with E-state index >= 15 is 0 Å². The molecule has 9 heterocycles. The summed E-state index contributed by atoms with van der Waals surface area (Å²) in [4.78, 5) is 0. The standard InChI is InChI=1S/2C9H17N.2C8H17N.2C7H15N.3C6H13N/c1-2-6-9-8(4-1)5-3-7-10-9;1-2-4-9-7-10-6-5-8(9)3-1;1-3-8(2)4-6-9-7-5-8;1-3-8(4-2)5-6-9-7-8;1-6-3-7(2)5-8-4-6;1-7(2)4-3-5-8-6-7;1-6-2-4-7-5-3-6;1-6-3-2-4-7-5-6;1-6-4-2-3-5-7-6/h2*8-10H,1-7H2;2*9H,3-7H2,1-2H3;6-8H,3-5H2,1-2H3;8H,3-6H2,1-2H3;3*6-7H,2-5H2,1H3. The van der Waals surface area contributed by atoms with Crippen LogP contribution in [0.1, 0.15) is 250 Å². The first-order valence-electron chi connectivity index (χ1n) is 33.6. The van der Waals surface area contributed by atoms with E-state index in [1.165, 1.54) is 278 Å². The molecule has 8 unspecified atom stereocenters. The topological polar surface area (TPSA) is 108 Å². The van der Waals surface area contributed by atoms with Crippen LogP contribution in [-0.4, -0.2) is 117 Å². The molecule has 0 spiro atoms. The van der Waals surface area contributed by atoms with E-state index in [4.69, 9.17) is 0 Å². The van der Waals surface area contributed by atoms with Crippen molar-refractivity contribution in [3.05, 3.63) is 0 Å². The van der Waals surface area contributed by atoms with Crippen LogP contribution >= 0.6 is 0 Å². The van der Waals surface area contributed by atoms with Crippen molar-refractivity contribution in [1.82, 2.24) is 47.9 Å². The normalized spacial score (nSPS) is 32.7. The quantitative estimate of drug-likeness (QED) is 0.137. The summed E-state index contributed by atoms with van der Waals surface area (Å²) in [6, 6.07) is 1.69. The van der Waals surface area contributed by atoms with Crippen LogP contribution in [-0.2, 0) is 0 Å². The van der Waals surface area contributed by atoms with Gasteiger partial charge in [0.2, 0.25) is 0 Å². The number of piperidine rings is 8. The number of hydrogen-bond acceptors (Lipinski definition) is 9. The molecule has 9 aliphatic heterocycles. The van der Waals surface area contributed by atoms with E-state index in [2.05, 4.69) is 124 Å². The van der Waals surface area contributed by atoms with E-state index in [0.29, 0.717) is 16.2 Å². The highest BCUT2D eigenvalue weighted by molar-refractivity contribution is 4.86. The van der Waals surface area contributed by atoms with Crippen molar-refractivity contribution in [2.24, 2.45) is 57.7 Å². The van der Waals surface area contributed by atoms with Crippen LogP contribution in [0.3, 0.4) is 0 Å². The maximum Gasteiger partial charge on any atom is 0.00953 e. The SMILES string of the molecule is C1CCC2CNCCC2C1.C1CCC2NCCCC2C1.CC1(C)CCCNC1.CC1CCCCN1.CC1CCCNC1.CC1CCNCC1.CC1CNCC(C)C1.CCC1(C)CCNCC1.CCC1(CC)CCNC1. The second-order valence-corrected chi connectivity index (χ2v) is 27.9. The summed E-state index contributed by atoms with van der Waals surface area (Å²) in [6.07, 6.45) is 38.3. The summed E-state index contributed by atoms with van der Waals surface area (Å²) in [6.45, 7) is 45.3. The summed E-state index contributed by atoms with van der Waals surface area (Å²) in [5.41, 5.74) is 1.89. The van der Waals surface area contributed by atoms with E-state index < -0.39 is 0 Å². The molecule has 11 aliphatic rings. The Labute approximate surface area is 469 Å². The van der Waals surface area contributed by atoms with Gasteiger partial charge >= 0.3 is 0 Å². The molecular formula is C66H137N9. The fraction of sp³-hybridized carbons (Fsp3) is 1.00. The Balaban J connectivity index is 0.000000223. The van der Waals surface area contributed by atoms with Crippen LogP contribution in [0.15, 0.2) is 0 Å². The summed E-state index contributed by atoms with van der Waals surface area (Å²) in [7, 11) is 0. The van der Waals surface area contributed by atoms with E-state index in [1.54, 1.807) is 0 Å². The zero-order valence-electron chi connectivity index (χ0n) is 52.6. The largest absolute Gasteiger partial charge is 0.317 e. The molecule has 75 heavy (non-hydrogen) atoms. The molecule has 11 fully saturated rings. The first-order chi connectivity index (χ1) is 36.2. The average molecular weight is 1060 g/mol. The molecule has 9 saturated heterocycles. The van der Waals surface area contributed by atoms with Crippen molar-refractivity contribution in [2.45, 2.75) is 262 Å². The maximum atomic E-state index is 3.62. The first kappa shape index (κ1) is 68.9. The number of rotatable bonds is 3. The molecule has 8 atom stereocenters. The van der Waals surface area contributed by atoms with E-state index in [9.17, 15) is 0 Å². The molecule has 0 aromatic heterocycles. The molecule has 2 aliphatic carbocycles. The van der Waals surface area contributed by atoms with Gasteiger partial charge in [-0.2, -0.15) is 0 Å². The minimum atomic E-state index is 0.568. The summed E-state index contributed by atoms with van der Waals surface area (Å²) >= 11 is 0. The smallest absolute Gasteiger partial charge is 0.00953 e. The second kappa shape index (κ2) is 41.6. The van der Waals surface area contributed by atoms with Crippen molar-refractivity contribution < 1.29 is 0 Å². The van der Waals surface area contributed by atoms with Crippen LogP contribution in [0.4, 0.5) is 0 Å². The average Bonchev–Trinajstić information content (AvgIpc) is 3.93. The third kappa shape index (κ3) is 32.6. The molecule has 9 heteroatoms. The van der Waals surface area contributed by atoms with Gasteiger partial charge in [-0.05, 0) is 285 Å². The minimum Gasteiger partial charge on any atom is -0.317 e. The molecule has 11 rings (SSSR count). The molecule has 0 bridgehead atoms. The van der Waals surface area contributed by atoms with Crippen LogP contribution in [0.2, 0.25) is 0 Å². The molecule has 2 saturated carbocycles. The molecule has 446 valence electrons. The molecular weight excluding hydrogens is 919 g/mol. The van der Waals surface area contributed by atoms with Gasteiger partial charge in [-0.1, -0.05) is 114 Å². The Hall–Kier alpha value is -0.360. The van der Waals surface area contributed by atoms with Crippen molar-refractivity contribution in [1.29, 1.82) is 0 Å². The Bertz CT molecular complexity index is 1140. The predicted octanol–water partition coefficient (Wildman–Crippen LogP) is 13.1. The molecule has 0 radical (unpaired) electrons. The van der Waals surface area contributed by atoms with Gasteiger partial charge in [0, 0.05) is 25.2 Å². The van der Waals surface area contributed by atoms with E-state index in [1.807, 2.05) is 0 Å². The van der Waals surface area contributed by atoms with Crippen LogP contribution < -0.4 is 47.9 Å². The molecule has 0 aromatic carbocycles. The lowest BCUT2D eigenvalue weighted by molar-refractivity contribution is 0.185. The Kier molecular flexibility index (Phi) is 38.2. The van der Waals surface area contributed by atoms with Crippen molar-refractivity contribution in [2.75, 3.05) is 105 Å². The van der Waals surface area contributed by atoms with Gasteiger partial charge in [-0.25, -0.2) is 0 Å². The highest BCUT2D eigenvalue weighted by atomic mass is 14.9. The zero-order chi connectivity index (χ0) is 54.5. The molecule has 0 aromatic rings. The monoisotopic (exact) mass is 1060 g/mol. The summed E-state index contributed by atoms with van der Waals surface area (Å²) in [5.74, 6) is 6.88. The zero-order valence-corrected chi connectivity index (χ0v) is 52.6. The highest BCUT2D eigenvalue weighted by Crippen LogP contribution is 2.35. The van der Waals surface area contributed by atoms with E-state index in [0.717, 1.165) is 53.5 Å². The lowest BCUT2D eigenvalue weighted by Gasteiger charge is -2.36. The third-order valence-corrected chi connectivity index (χ3v) is 20.1. The Morgan fingerprint density at radius 2 is 0.893 bits per heavy atom. The first-order valence-corrected chi connectivity index (χ1v) is 33.6. The van der Waals surface area contributed by atoms with Crippen molar-refractivity contribution >= 4 is 0 Å². The highest BCUT2D eigenvalue weighted by Gasteiger charge is 2.30. The summed E-state index contributed by atoms with van der Waals surface area (Å²) < 4.78 is 0. The van der Waals surface area contributed by atoms with Gasteiger partial charge < -0.3 is 47.9 Å². The van der Waals surface area contributed by atoms with Gasteiger partial charge in [0.25, 0.3) is 0 Å². The number of hydrogen-bond donors (Lipinski definition) is 9. The Morgan fingerprint density at radius 1 is 0.347 bits per heavy atom. The molecule has 9 nitrogen and oxygen atoms in total. The third-order valence-electron chi connectivity index (χ3n) is 20.1. The number of fused-ring (bicyclic) bond motifs is 2. The van der Waals surface area contributed by atoms with Crippen molar-refractivity contribution in [3.8, 4) is 0 Å². The Morgan fingerprint density at radius 3 is 1.31 bits per heavy atom. The van der Waals surface area contributed by atoms with Gasteiger partial charge in [-0.3, -0.25) is 0 Å². The lowest BCUT2D eigenvalue weighted by Crippen LogP contribution is -2.42. The maximum absolute atomic E-state index is 3.62. The van der Waals surface area contributed by atoms with Crippen LogP contribution in [0.25, 0.3) is 0 Å². The lowest BCUT2D eigenvalue weighted by atomic mass is 9.76. The molecule has 9 N–H and O–H groups in total. The van der Waals surface area contributed by atoms with Gasteiger partial charge in [0.15, 0.2) is 0 Å².